The van der Waals surface area contributed by atoms with E-state index in [0.717, 1.165) is 6.54 Å². The summed E-state index contributed by atoms with van der Waals surface area (Å²) in [5, 5.41) is 11.6. The van der Waals surface area contributed by atoms with Gasteiger partial charge >= 0.3 is 0 Å². The molecule has 0 rings (SSSR count). The molecule has 1 N–H and O–H groups in total. The molecule has 0 radical (unpaired) electrons. The molecule has 64 valence electrons. The van der Waals surface area contributed by atoms with E-state index < -0.39 is 0 Å². The molecule has 0 saturated heterocycles. The van der Waals surface area contributed by atoms with Crippen LogP contribution in [0, 0.1) is 11.3 Å². The fourth-order valence-corrected chi connectivity index (χ4v) is 1.06. The lowest BCUT2D eigenvalue weighted by molar-refractivity contribution is 0.344. The Balaban J connectivity index is 3.53. The van der Waals surface area contributed by atoms with E-state index in [4.69, 9.17) is 5.26 Å². The fourth-order valence-electron chi connectivity index (χ4n) is 1.06. The van der Waals surface area contributed by atoms with Crippen molar-refractivity contribution in [3.05, 3.63) is 0 Å². The van der Waals surface area contributed by atoms with Crippen molar-refractivity contribution in [2.24, 2.45) is 0 Å². The third-order valence-corrected chi connectivity index (χ3v) is 1.37. The Kier molecular flexibility index (Phi) is 4.84. The quantitative estimate of drug-likeness (QED) is 0.640. The highest BCUT2D eigenvalue weighted by molar-refractivity contribution is 4.87. The Hall–Kier alpha value is -0.590. The van der Waals surface area contributed by atoms with Crippen LogP contribution < -0.4 is 5.32 Å². The second kappa shape index (κ2) is 5.11. The lowest BCUT2D eigenvalue weighted by atomic mass is 10.2. The van der Waals surface area contributed by atoms with Crippen LogP contribution in [0.15, 0.2) is 0 Å². The zero-order chi connectivity index (χ0) is 8.85. The Morgan fingerprint density at radius 1 is 1.45 bits per heavy atom. The van der Waals surface area contributed by atoms with E-state index in [1.807, 2.05) is 21.0 Å². The predicted octanol–water partition coefficient (Wildman–Crippen LogP) is 0.438. The molecule has 3 heteroatoms. The number of rotatable bonds is 4. The molecule has 3 nitrogen and oxygen atoms in total. The molecule has 0 aliphatic carbocycles. The maximum Gasteiger partial charge on any atom is 0.0926 e. The van der Waals surface area contributed by atoms with Gasteiger partial charge in [0, 0.05) is 12.6 Å². The Labute approximate surface area is 69.0 Å². The third kappa shape index (κ3) is 5.84. The van der Waals surface area contributed by atoms with Crippen molar-refractivity contribution in [3.8, 4) is 6.07 Å². The van der Waals surface area contributed by atoms with Gasteiger partial charge in [0.25, 0.3) is 0 Å². The summed E-state index contributed by atoms with van der Waals surface area (Å²) in [6, 6.07) is 2.46. The maximum atomic E-state index is 8.49. The first-order valence-electron chi connectivity index (χ1n) is 3.86. The van der Waals surface area contributed by atoms with Crippen LogP contribution in [0.3, 0.4) is 0 Å². The van der Waals surface area contributed by atoms with Gasteiger partial charge in [-0.1, -0.05) is 0 Å². The third-order valence-electron chi connectivity index (χ3n) is 1.37. The first kappa shape index (κ1) is 10.4. The van der Waals surface area contributed by atoms with E-state index in [2.05, 4.69) is 23.2 Å². The molecule has 2 unspecified atom stereocenters. The van der Waals surface area contributed by atoms with Crippen LogP contribution in [0.1, 0.15) is 13.8 Å². The van der Waals surface area contributed by atoms with Crippen LogP contribution in [-0.2, 0) is 0 Å². The van der Waals surface area contributed by atoms with Crippen molar-refractivity contribution in [1.29, 1.82) is 5.26 Å². The molecular weight excluding hydrogens is 138 g/mol. The minimum atomic E-state index is -0.0510. The van der Waals surface area contributed by atoms with E-state index in [-0.39, 0.29) is 6.04 Å². The highest BCUT2D eigenvalue weighted by Gasteiger charge is 2.05. The smallest absolute Gasteiger partial charge is 0.0926 e. The maximum absolute atomic E-state index is 8.49. The monoisotopic (exact) mass is 155 g/mol. The molecule has 0 saturated carbocycles. The normalized spacial score (nSPS) is 16.0. The summed E-state index contributed by atoms with van der Waals surface area (Å²) in [6.07, 6.45) is 0. The van der Waals surface area contributed by atoms with Crippen molar-refractivity contribution >= 4 is 0 Å². The summed E-state index contributed by atoms with van der Waals surface area (Å²) in [7, 11) is 4.05. The van der Waals surface area contributed by atoms with Gasteiger partial charge in [0.15, 0.2) is 0 Å². The average molecular weight is 155 g/mol. The van der Waals surface area contributed by atoms with Crippen LogP contribution >= 0.6 is 0 Å². The van der Waals surface area contributed by atoms with Gasteiger partial charge in [0.05, 0.1) is 12.1 Å². The number of hydrogen-bond donors (Lipinski definition) is 1. The first-order valence-corrected chi connectivity index (χ1v) is 3.86. The highest BCUT2D eigenvalue weighted by Crippen LogP contribution is 1.87. The second-order valence-electron chi connectivity index (χ2n) is 3.18. The van der Waals surface area contributed by atoms with E-state index in [0.29, 0.717) is 6.04 Å². The van der Waals surface area contributed by atoms with Gasteiger partial charge in [0.1, 0.15) is 0 Å². The molecule has 0 spiro atoms. The number of hydrogen-bond acceptors (Lipinski definition) is 3. The van der Waals surface area contributed by atoms with Crippen molar-refractivity contribution in [1.82, 2.24) is 10.2 Å². The van der Waals surface area contributed by atoms with Gasteiger partial charge in [-0.2, -0.15) is 5.26 Å². The fraction of sp³-hybridized carbons (Fsp3) is 0.875. The summed E-state index contributed by atoms with van der Waals surface area (Å²) in [4.78, 5) is 2.10. The number of nitrogens with zero attached hydrogens (tertiary/aromatic N) is 2. The molecule has 0 aromatic heterocycles. The van der Waals surface area contributed by atoms with Crippen LogP contribution in [0.25, 0.3) is 0 Å². The molecule has 0 aliphatic heterocycles. The molecule has 0 aromatic carbocycles. The lowest BCUT2D eigenvalue weighted by Crippen LogP contribution is -2.40. The van der Waals surface area contributed by atoms with Crippen molar-refractivity contribution in [3.63, 3.8) is 0 Å². The van der Waals surface area contributed by atoms with E-state index in [1.165, 1.54) is 0 Å². The molecule has 0 amide bonds. The first-order chi connectivity index (χ1) is 5.06. The number of nitriles is 1. The predicted molar refractivity (Wildman–Crippen MR) is 46.2 cm³/mol. The second-order valence-corrected chi connectivity index (χ2v) is 3.18. The van der Waals surface area contributed by atoms with Gasteiger partial charge in [-0.3, -0.25) is 5.32 Å². The molecule has 0 bridgehead atoms. The van der Waals surface area contributed by atoms with Crippen molar-refractivity contribution in [2.75, 3.05) is 20.6 Å². The van der Waals surface area contributed by atoms with Gasteiger partial charge in [-0.25, -0.2) is 0 Å². The SMILES string of the molecule is CC(C#N)NC(C)CN(C)C. The van der Waals surface area contributed by atoms with Gasteiger partial charge in [-0.15, -0.1) is 0 Å². The standard InChI is InChI=1S/C8H17N3/c1-7(5-9)10-8(2)6-11(3)4/h7-8,10H,6H2,1-4H3. The zero-order valence-corrected chi connectivity index (χ0v) is 7.76. The Morgan fingerprint density at radius 3 is 2.36 bits per heavy atom. The van der Waals surface area contributed by atoms with Crippen molar-refractivity contribution in [2.45, 2.75) is 25.9 Å². The molecule has 0 aliphatic rings. The van der Waals surface area contributed by atoms with E-state index >= 15 is 0 Å². The zero-order valence-electron chi connectivity index (χ0n) is 7.76. The van der Waals surface area contributed by atoms with Crippen LogP contribution in [0.2, 0.25) is 0 Å². The van der Waals surface area contributed by atoms with Gasteiger partial charge in [-0.05, 0) is 27.9 Å². The number of nitrogens with one attached hydrogen (secondary N) is 1. The summed E-state index contributed by atoms with van der Waals surface area (Å²) < 4.78 is 0. The Morgan fingerprint density at radius 2 is 2.00 bits per heavy atom. The molecule has 0 aromatic rings. The summed E-state index contributed by atoms with van der Waals surface area (Å²) in [5.41, 5.74) is 0. The van der Waals surface area contributed by atoms with Crippen LogP contribution in [0.5, 0.6) is 0 Å². The molecular formula is C8H17N3. The van der Waals surface area contributed by atoms with Crippen molar-refractivity contribution < 1.29 is 0 Å². The van der Waals surface area contributed by atoms with E-state index in [9.17, 15) is 0 Å². The molecule has 0 heterocycles. The van der Waals surface area contributed by atoms with Gasteiger partial charge < -0.3 is 4.90 Å². The minimum absolute atomic E-state index is 0.0510. The Bertz CT molecular complexity index is 137. The minimum Gasteiger partial charge on any atom is -0.308 e. The van der Waals surface area contributed by atoms with Crippen LogP contribution in [0.4, 0.5) is 0 Å². The highest BCUT2D eigenvalue weighted by atomic mass is 15.1. The lowest BCUT2D eigenvalue weighted by Gasteiger charge is -2.19. The summed E-state index contributed by atoms with van der Waals surface area (Å²) in [6.45, 7) is 4.91. The van der Waals surface area contributed by atoms with Crippen LogP contribution in [-0.4, -0.2) is 37.6 Å². The molecule has 2 atom stereocenters. The largest absolute Gasteiger partial charge is 0.308 e. The number of likely N-dealkylation sites (N-methyl/N-ethyl adjacent to an activating group) is 1. The molecule has 11 heavy (non-hydrogen) atoms. The molecule has 0 fully saturated rings. The summed E-state index contributed by atoms with van der Waals surface area (Å²) in [5.74, 6) is 0. The van der Waals surface area contributed by atoms with E-state index in [1.54, 1.807) is 0 Å². The summed E-state index contributed by atoms with van der Waals surface area (Å²) >= 11 is 0. The average Bonchev–Trinajstić information content (AvgIpc) is 1.85. The van der Waals surface area contributed by atoms with Gasteiger partial charge in [0.2, 0.25) is 0 Å². The topological polar surface area (TPSA) is 39.1 Å².